The van der Waals surface area contributed by atoms with E-state index in [1.165, 1.54) is 0 Å². The zero-order valence-corrected chi connectivity index (χ0v) is 18.2. The Kier molecular flexibility index (Phi) is 7.26. The van der Waals surface area contributed by atoms with Crippen molar-refractivity contribution >= 4 is 27.7 Å². The molecular formula is C25H26N2O3S. The lowest BCUT2D eigenvalue weighted by atomic mass is 9.91. The normalized spacial score (nSPS) is 12.0. The van der Waals surface area contributed by atoms with Crippen LogP contribution < -0.4 is 10.0 Å². The van der Waals surface area contributed by atoms with Crippen molar-refractivity contribution in [2.75, 3.05) is 11.0 Å². The summed E-state index contributed by atoms with van der Waals surface area (Å²) >= 11 is 0. The molecule has 0 aliphatic carbocycles. The summed E-state index contributed by atoms with van der Waals surface area (Å²) in [6, 6.07) is 25.0. The van der Waals surface area contributed by atoms with Crippen molar-refractivity contribution in [3.8, 4) is 0 Å². The minimum atomic E-state index is -3.39. The summed E-state index contributed by atoms with van der Waals surface area (Å²) in [6.07, 6.45) is 3.29. The minimum Gasteiger partial charge on any atom is -0.351 e. The molecule has 0 fully saturated rings. The van der Waals surface area contributed by atoms with Crippen LogP contribution in [0, 0.1) is 0 Å². The maximum absolute atomic E-state index is 13.1. The summed E-state index contributed by atoms with van der Waals surface area (Å²) in [5.41, 5.74) is 4.02. The van der Waals surface area contributed by atoms with Gasteiger partial charge in [0.1, 0.15) is 0 Å². The highest BCUT2D eigenvalue weighted by molar-refractivity contribution is 7.92. The van der Waals surface area contributed by atoms with Crippen LogP contribution in [0.5, 0.6) is 0 Å². The number of hydrogen-bond acceptors (Lipinski definition) is 3. The van der Waals surface area contributed by atoms with Crippen LogP contribution in [0.25, 0.3) is 6.08 Å². The lowest BCUT2D eigenvalue weighted by molar-refractivity contribution is -0.122. The van der Waals surface area contributed by atoms with E-state index in [1.807, 2.05) is 66.7 Å². The summed E-state index contributed by atoms with van der Waals surface area (Å²) in [4.78, 5) is 13.1. The van der Waals surface area contributed by atoms with Gasteiger partial charge in [0.15, 0.2) is 0 Å². The molecule has 2 N–H and O–H groups in total. The first-order valence-electron chi connectivity index (χ1n) is 9.95. The van der Waals surface area contributed by atoms with Crippen molar-refractivity contribution in [1.29, 1.82) is 0 Å². The zero-order chi connectivity index (χ0) is 22.3. The molecular weight excluding hydrogens is 408 g/mol. The van der Waals surface area contributed by atoms with Gasteiger partial charge in [-0.2, -0.15) is 0 Å². The Balaban J connectivity index is 1.75. The molecule has 0 aromatic heterocycles. The third kappa shape index (κ3) is 6.55. The van der Waals surface area contributed by atoms with Gasteiger partial charge in [-0.1, -0.05) is 79.4 Å². The highest BCUT2D eigenvalue weighted by Gasteiger charge is 2.21. The monoisotopic (exact) mass is 434 g/mol. The van der Waals surface area contributed by atoms with Crippen LogP contribution in [-0.4, -0.2) is 20.6 Å². The molecule has 1 atom stereocenters. The van der Waals surface area contributed by atoms with E-state index in [9.17, 15) is 13.2 Å². The Morgan fingerprint density at radius 3 is 2.23 bits per heavy atom. The lowest BCUT2D eigenvalue weighted by Gasteiger charge is -2.18. The van der Waals surface area contributed by atoms with Crippen molar-refractivity contribution in [1.82, 2.24) is 5.32 Å². The van der Waals surface area contributed by atoms with Gasteiger partial charge in [0.05, 0.1) is 17.9 Å². The summed E-state index contributed by atoms with van der Waals surface area (Å²) in [5, 5.41) is 3.02. The molecule has 1 amide bonds. The zero-order valence-electron chi connectivity index (χ0n) is 17.4. The van der Waals surface area contributed by atoms with Crippen molar-refractivity contribution in [2.24, 2.45) is 0 Å². The fourth-order valence-corrected chi connectivity index (χ4v) is 3.98. The molecule has 0 saturated carbocycles. The maximum atomic E-state index is 13.1. The molecule has 0 aliphatic heterocycles. The van der Waals surface area contributed by atoms with Gasteiger partial charge in [-0.15, -0.1) is 0 Å². The van der Waals surface area contributed by atoms with E-state index in [4.69, 9.17) is 0 Å². The highest BCUT2D eigenvalue weighted by Crippen LogP contribution is 2.23. The van der Waals surface area contributed by atoms with Crippen molar-refractivity contribution in [3.05, 3.63) is 108 Å². The summed E-state index contributed by atoms with van der Waals surface area (Å²) < 4.78 is 25.5. The molecule has 0 bridgehead atoms. The van der Waals surface area contributed by atoms with Crippen LogP contribution in [0.1, 0.15) is 28.2 Å². The van der Waals surface area contributed by atoms with Gasteiger partial charge in [-0.25, -0.2) is 8.42 Å². The number of hydrogen-bond donors (Lipinski definition) is 2. The first kappa shape index (κ1) is 22.3. The van der Waals surface area contributed by atoms with Gasteiger partial charge in [0, 0.05) is 6.54 Å². The molecule has 0 aliphatic rings. The number of carbonyl (C=O) groups excluding carboxylic acids is 1. The number of nitrogens with one attached hydrogen (secondary N) is 2. The SMILES string of the molecule is C=Cc1cc(CNC(=O)C(Cc2ccccc2)c2ccccc2)ccc1NS(C)(=O)=O. The van der Waals surface area contributed by atoms with Gasteiger partial charge < -0.3 is 5.32 Å². The van der Waals surface area contributed by atoms with Crippen molar-refractivity contribution in [2.45, 2.75) is 18.9 Å². The van der Waals surface area contributed by atoms with E-state index in [2.05, 4.69) is 16.6 Å². The van der Waals surface area contributed by atoms with Crippen molar-refractivity contribution < 1.29 is 13.2 Å². The smallest absolute Gasteiger partial charge is 0.229 e. The molecule has 3 rings (SSSR count). The van der Waals surface area contributed by atoms with Crippen LogP contribution in [-0.2, 0) is 27.8 Å². The van der Waals surface area contributed by atoms with E-state index >= 15 is 0 Å². The van der Waals surface area contributed by atoms with E-state index < -0.39 is 10.0 Å². The Hall–Kier alpha value is -3.38. The standard InChI is InChI=1S/C25H26N2O3S/c1-3-21-16-20(14-15-24(21)27-31(2,29)30)18-26-25(28)23(22-12-8-5-9-13-22)17-19-10-6-4-7-11-19/h3-16,23,27H,1,17-18H2,2H3,(H,26,28). The quantitative estimate of drug-likeness (QED) is 0.526. The topological polar surface area (TPSA) is 75.3 Å². The predicted molar refractivity (Wildman–Crippen MR) is 126 cm³/mol. The van der Waals surface area contributed by atoms with E-state index in [1.54, 1.807) is 18.2 Å². The third-order valence-corrected chi connectivity index (χ3v) is 5.49. The average Bonchev–Trinajstić information content (AvgIpc) is 2.77. The Morgan fingerprint density at radius 2 is 1.61 bits per heavy atom. The van der Waals surface area contributed by atoms with Gasteiger partial charge in [-0.3, -0.25) is 9.52 Å². The Bertz CT molecular complexity index is 1140. The molecule has 31 heavy (non-hydrogen) atoms. The molecule has 6 heteroatoms. The summed E-state index contributed by atoms with van der Waals surface area (Å²) in [6.45, 7) is 4.08. The van der Waals surface area contributed by atoms with Crippen LogP contribution in [0.3, 0.4) is 0 Å². The number of rotatable bonds is 9. The number of benzene rings is 3. The highest BCUT2D eigenvalue weighted by atomic mass is 32.2. The van der Waals surface area contributed by atoms with Gasteiger partial charge in [0.25, 0.3) is 0 Å². The van der Waals surface area contributed by atoms with Gasteiger partial charge in [-0.05, 0) is 40.8 Å². The van der Waals surface area contributed by atoms with Crippen LogP contribution in [0.15, 0.2) is 85.4 Å². The third-order valence-electron chi connectivity index (χ3n) is 4.90. The number of anilines is 1. The fraction of sp³-hybridized carbons (Fsp3) is 0.160. The molecule has 160 valence electrons. The molecule has 3 aromatic carbocycles. The van der Waals surface area contributed by atoms with Gasteiger partial charge in [0.2, 0.25) is 15.9 Å². The largest absolute Gasteiger partial charge is 0.351 e. The van der Waals surface area contributed by atoms with Crippen LogP contribution >= 0.6 is 0 Å². The Morgan fingerprint density at radius 1 is 0.968 bits per heavy atom. The van der Waals surface area contributed by atoms with E-state index in [0.29, 0.717) is 24.2 Å². The predicted octanol–water partition coefficient (Wildman–Crippen LogP) is 4.34. The molecule has 0 radical (unpaired) electrons. The molecule has 0 spiro atoms. The lowest BCUT2D eigenvalue weighted by Crippen LogP contribution is -2.30. The molecule has 3 aromatic rings. The number of sulfonamides is 1. The first-order valence-corrected chi connectivity index (χ1v) is 11.8. The average molecular weight is 435 g/mol. The van der Waals surface area contributed by atoms with Crippen LogP contribution in [0.4, 0.5) is 5.69 Å². The van der Waals surface area contributed by atoms with Crippen LogP contribution in [0.2, 0.25) is 0 Å². The Labute approximate surface area is 183 Å². The summed E-state index contributed by atoms with van der Waals surface area (Å²) in [7, 11) is -3.39. The minimum absolute atomic E-state index is 0.0615. The molecule has 0 saturated heterocycles. The first-order chi connectivity index (χ1) is 14.9. The second-order valence-electron chi connectivity index (χ2n) is 7.37. The summed E-state index contributed by atoms with van der Waals surface area (Å²) in [5.74, 6) is -0.373. The molecule has 1 unspecified atom stereocenters. The van der Waals surface area contributed by atoms with Crippen molar-refractivity contribution in [3.63, 3.8) is 0 Å². The second-order valence-corrected chi connectivity index (χ2v) is 9.12. The number of carbonyl (C=O) groups is 1. The molecule has 0 heterocycles. The second kappa shape index (κ2) is 10.1. The van der Waals surface area contributed by atoms with E-state index in [-0.39, 0.29) is 11.8 Å². The maximum Gasteiger partial charge on any atom is 0.229 e. The van der Waals surface area contributed by atoms with Gasteiger partial charge >= 0.3 is 0 Å². The number of amides is 1. The fourth-order valence-electron chi connectivity index (χ4n) is 3.39. The molecule has 5 nitrogen and oxygen atoms in total. The van der Waals surface area contributed by atoms with E-state index in [0.717, 1.165) is 22.9 Å².